The van der Waals surface area contributed by atoms with Crippen LogP contribution in [0.1, 0.15) is 32.6 Å². The molecule has 4 bridgehead atoms. The maximum atomic E-state index is 12.3. The molecule has 4 fully saturated rings. The number of hydrogen-bond acceptors (Lipinski definition) is 3. The fourth-order valence-corrected chi connectivity index (χ4v) is 4.06. The van der Waals surface area contributed by atoms with Crippen molar-refractivity contribution in [2.75, 3.05) is 6.61 Å². The average Bonchev–Trinajstić information content (AvgIpc) is 2.25. The van der Waals surface area contributed by atoms with Crippen LogP contribution in [-0.4, -0.2) is 23.9 Å². The largest absolute Gasteiger partial charge is 0.367 e. The molecule has 0 aromatic rings. The summed E-state index contributed by atoms with van der Waals surface area (Å²) < 4.78 is 5.75. The fourth-order valence-electron chi connectivity index (χ4n) is 4.06. The van der Waals surface area contributed by atoms with Gasteiger partial charge in [0.2, 0.25) is 0 Å². The molecule has 4 rings (SSSR count). The van der Waals surface area contributed by atoms with Crippen LogP contribution < -0.4 is 0 Å². The second-order valence-electron chi connectivity index (χ2n) is 5.34. The van der Waals surface area contributed by atoms with E-state index in [-0.39, 0.29) is 17.6 Å². The van der Waals surface area contributed by atoms with Gasteiger partial charge in [0, 0.05) is 12.2 Å². The van der Waals surface area contributed by atoms with Crippen LogP contribution in [0.2, 0.25) is 0 Å². The molecule has 16 heavy (non-hydrogen) atoms. The molecule has 4 aliphatic carbocycles. The first kappa shape index (κ1) is 10.2. The zero-order valence-electron chi connectivity index (χ0n) is 9.49. The molecule has 4 unspecified atom stereocenters. The summed E-state index contributed by atoms with van der Waals surface area (Å²) >= 11 is 0. The summed E-state index contributed by atoms with van der Waals surface area (Å²) in [4.78, 5) is 23.3. The van der Waals surface area contributed by atoms with E-state index in [4.69, 9.17) is 4.74 Å². The second-order valence-corrected chi connectivity index (χ2v) is 5.34. The molecule has 0 spiro atoms. The van der Waals surface area contributed by atoms with Crippen molar-refractivity contribution in [3.05, 3.63) is 5.57 Å². The first-order chi connectivity index (χ1) is 7.70. The Morgan fingerprint density at radius 2 is 2.25 bits per heavy atom. The highest BCUT2D eigenvalue weighted by atomic mass is 16.5. The van der Waals surface area contributed by atoms with Crippen molar-refractivity contribution in [1.29, 1.82) is 0 Å². The van der Waals surface area contributed by atoms with Gasteiger partial charge in [-0.2, -0.15) is 0 Å². The highest BCUT2D eigenvalue weighted by molar-refractivity contribution is 5.96. The molecule has 0 radical (unpaired) electrons. The maximum Gasteiger partial charge on any atom is 0.172 e. The molecule has 3 heteroatoms. The monoisotopic (exact) mass is 220 g/mol. The summed E-state index contributed by atoms with van der Waals surface area (Å²) in [6.07, 6.45) is 3.51. The first-order valence-electron chi connectivity index (χ1n) is 6.13. The first-order valence-corrected chi connectivity index (χ1v) is 6.13. The molecule has 0 aromatic carbocycles. The van der Waals surface area contributed by atoms with Gasteiger partial charge in [-0.25, -0.2) is 4.79 Å². The molecule has 0 heterocycles. The van der Waals surface area contributed by atoms with Crippen LogP contribution in [0.4, 0.5) is 0 Å². The lowest BCUT2D eigenvalue weighted by Crippen LogP contribution is -2.60. The molecule has 4 saturated carbocycles. The minimum Gasteiger partial charge on any atom is -0.367 e. The highest BCUT2D eigenvalue weighted by Gasteiger charge is 2.60. The van der Waals surface area contributed by atoms with Gasteiger partial charge in [0.05, 0.1) is 5.92 Å². The summed E-state index contributed by atoms with van der Waals surface area (Å²) in [6.45, 7) is 2.51. The lowest BCUT2D eigenvalue weighted by atomic mass is 9.52. The van der Waals surface area contributed by atoms with Crippen molar-refractivity contribution in [2.24, 2.45) is 17.8 Å². The summed E-state index contributed by atoms with van der Waals surface area (Å²) in [5.74, 6) is 2.85. The topological polar surface area (TPSA) is 43.4 Å². The molecule has 86 valence electrons. The lowest BCUT2D eigenvalue weighted by molar-refractivity contribution is -0.172. The highest BCUT2D eigenvalue weighted by Crippen LogP contribution is 2.56. The minimum absolute atomic E-state index is 0.153. The van der Waals surface area contributed by atoms with E-state index in [0.29, 0.717) is 12.5 Å². The van der Waals surface area contributed by atoms with Crippen molar-refractivity contribution >= 4 is 11.7 Å². The molecule has 0 saturated heterocycles. The second kappa shape index (κ2) is 3.28. The van der Waals surface area contributed by atoms with Gasteiger partial charge in [-0.05, 0) is 44.4 Å². The molecule has 0 aromatic heterocycles. The van der Waals surface area contributed by atoms with E-state index >= 15 is 0 Å². The quantitative estimate of drug-likeness (QED) is 0.663. The summed E-state index contributed by atoms with van der Waals surface area (Å²) in [5, 5.41) is 0. The van der Waals surface area contributed by atoms with Crippen molar-refractivity contribution in [2.45, 2.75) is 38.2 Å². The maximum absolute atomic E-state index is 12.3. The molecular formula is C13H16O3. The van der Waals surface area contributed by atoms with E-state index in [2.05, 4.69) is 0 Å². The molecule has 3 nitrogen and oxygen atoms in total. The van der Waals surface area contributed by atoms with Crippen molar-refractivity contribution in [3.8, 4) is 0 Å². The Labute approximate surface area is 94.8 Å². The van der Waals surface area contributed by atoms with Gasteiger partial charge in [-0.3, -0.25) is 4.79 Å². The van der Waals surface area contributed by atoms with Crippen LogP contribution in [-0.2, 0) is 14.3 Å². The lowest BCUT2D eigenvalue weighted by Gasteiger charge is -2.54. The van der Waals surface area contributed by atoms with Gasteiger partial charge in [-0.1, -0.05) is 0 Å². The summed E-state index contributed by atoms with van der Waals surface area (Å²) in [7, 11) is 0. The van der Waals surface area contributed by atoms with E-state index in [9.17, 15) is 9.59 Å². The average molecular weight is 220 g/mol. The summed E-state index contributed by atoms with van der Waals surface area (Å²) in [5.41, 5.74) is 0.183. The van der Waals surface area contributed by atoms with Crippen LogP contribution in [0, 0.1) is 17.8 Å². The SMILES string of the molecule is CCOC12CC3CC(C1)C(=C=O)C(C3)C2=O. The van der Waals surface area contributed by atoms with Crippen molar-refractivity contribution in [3.63, 3.8) is 0 Å². The number of carbonyl (C=O) groups is 1. The Morgan fingerprint density at radius 1 is 1.44 bits per heavy atom. The zero-order valence-corrected chi connectivity index (χ0v) is 9.49. The number of allylic oxidation sites excluding steroid dienone is 1. The number of hydrogen-bond donors (Lipinski definition) is 0. The van der Waals surface area contributed by atoms with Gasteiger partial charge >= 0.3 is 0 Å². The van der Waals surface area contributed by atoms with Crippen LogP contribution in [0.15, 0.2) is 5.57 Å². The van der Waals surface area contributed by atoms with E-state index in [1.807, 2.05) is 12.9 Å². The Kier molecular flexibility index (Phi) is 2.10. The Morgan fingerprint density at radius 3 is 2.94 bits per heavy atom. The molecule has 4 aliphatic rings. The van der Waals surface area contributed by atoms with Crippen LogP contribution in [0.3, 0.4) is 0 Å². The summed E-state index contributed by atoms with van der Waals surface area (Å²) in [6, 6.07) is 0. The van der Waals surface area contributed by atoms with E-state index in [1.165, 1.54) is 0 Å². The third kappa shape index (κ3) is 1.13. The van der Waals surface area contributed by atoms with Crippen molar-refractivity contribution < 1.29 is 14.3 Å². The predicted molar refractivity (Wildman–Crippen MR) is 57.5 cm³/mol. The third-order valence-electron chi connectivity index (χ3n) is 4.50. The number of carbonyl (C=O) groups excluding carboxylic acids is 2. The molecule has 4 atom stereocenters. The molecule has 0 amide bonds. The predicted octanol–water partition coefficient (Wildman–Crippen LogP) is 1.54. The Hall–Kier alpha value is -0.920. The normalized spacial score (nSPS) is 44.9. The van der Waals surface area contributed by atoms with Gasteiger partial charge < -0.3 is 4.74 Å². The van der Waals surface area contributed by atoms with Gasteiger partial charge in [0.25, 0.3) is 0 Å². The number of ether oxygens (including phenoxy) is 1. The third-order valence-corrected chi connectivity index (χ3v) is 4.50. The van der Waals surface area contributed by atoms with E-state index in [1.54, 1.807) is 0 Å². The van der Waals surface area contributed by atoms with E-state index in [0.717, 1.165) is 31.3 Å². The van der Waals surface area contributed by atoms with Gasteiger partial charge in [0.1, 0.15) is 11.5 Å². The van der Waals surface area contributed by atoms with Gasteiger partial charge in [-0.15, -0.1) is 0 Å². The van der Waals surface area contributed by atoms with Crippen LogP contribution >= 0.6 is 0 Å². The zero-order chi connectivity index (χ0) is 11.3. The van der Waals surface area contributed by atoms with Crippen molar-refractivity contribution in [1.82, 2.24) is 0 Å². The number of ketones is 1. The van der Waals surface area contributed by atoms with E-state index < -0.39 is 5.60 Å². The Balaban J connectivity index is 2.02. The number of Topliss-reactive ketones (excluding diaryl/α,β-unsaturated/α-hetero) is 1. The standard InChI is InChI=1S/C13H16O3/c1-2-16-13-5-8-3-9(6-13)11(7-14)10(4-8)12(13)15/h8-10H,2-6H2,1H3. The van der Waals surface area contributed by atoms with Gasteiger partial charge in [0.15, 0.2) is 5.78 Å². The molecule has 0 N–H and O–H groups in total. The van der Waals surface area contributed by atoms with Crippen LogP contribution in [0.25, 0.3) is 0 Å². The fraction of sp³-hybridized carbons (Fsp3) is 0.769. The number of rotatable bonds is 2. The molecule has 0 aliphatic heterocycles. The Bertz CT molecular complexity index is 394. The molecular weight excluding hydrogens is 204 g/mol. The van der Waals surface area contributed by atoms with Crippen LogP contribution in [0.5, 0.6) is 0 Å². The minimum atomic E-state index is -0.550. The smallest absolute Gasteiger partial charge is 0.172 e.